The van der Waals surface area contributed by atoms with Crippen LogP contribution in [0.3, 0.4) is 0 Å². The van der Waals surface area contributed by atoms with Crippen molar-refractivity contribution in [2.45, 2.75) is 12.6 Å². The predicted octanol–water partition coefficient (Wildman–Crippen LogP) is 2.33. The van der Waals surface area contributed by atoms with E-state index in [4.69, 9.17) is 27.8 Å². The van der Waals surface area contributed by atoms with Crippen molar-refractivity contribution < 1.29 is 4.74 Å². The van der Waals surface area contributed by atoms with Crippen molar-refractivity contribution in [1.29, 1.82) is 0 Å². The monoisotopic (exact) mass is 283 g/mol. The molecule has 1 atom stereocenters. The molecule has 0 aliphatic carbocycles. The van der Waals surface area contributed by atoms with Crippen molar-refractivity contribution in [1.82, 2.24) is 4.98 Å². The summed E-state index contributed by atoms with van der Waals surface area (Å²) in [7, 11) is 0. The number of benzene rings is 1. The maximum atomic E-state index is 5.87. The Bertz CT molecular complexity index is 518. The molecule has 4 nitrogen and oxygen atoms in total. The van der Waals surface area contributed by atoms with Crippen LogP contribution in [0.25, 0.3) is 0 Å². The molecule has 1 heterocycles. The third kappa shape index (κ3) is 3.43. The normalized spacial score (nSPS) is 12.4. The Morgan fingerprint density at radius 3 is 2.94 bits per heavy atom. The number of rotatable bonds is 5. The molecule has 1 aromatic carbocycles. The maximum absolute atomic E-state index is 5.87. The minimum Gasteiger partial charge on any atom is -0.488 e. The highest BCUT2D eigenvalue weighted by atomic mass is 35.5. The summed E-state index contributed by atoms with van der Waals surface area (Å²) in [6, 6.07) is 7.47. The number of thiazole rings is 1. The third-order valence-electron chi connectivity index (χ3n) is 2.45. The molecule has 2 rings (SSSR count). The molecule has 96 valence electrons. The summed E-state index contributed by atoms with van der Waals surface area (Å²) < 4.78 is 6.18. The minimum absolute atomic E-state index is 0.161. The predicted molar refractivity (Wildman–Crippen MR) is 73.9 cm³/mol. The molecule has 6 heteroatoms. The lowest BCUT2D eigenvalue weighted by atomic mass is 10.1. The highest BCUT2D eigenvalue weighted by molar-refractivity contribution is 7.15. The maximum Gasteiger partial charge on any atom is 0.183 e. The fraction of sp³-hybridized carbons (Fsp3) is 0.250. The van der Waals surface area contributed by atoms with Gasteiger partial charge in [0.1, 0.15) is 12.4 Å². The van der Waals surface area contributed by atoms with Crippen LogP contribution >= 0.6 is 22.9 Å². The largest absolute Gasteiger partial charge is 0.488 e. The molecule has 0 bridgehead atoms. The summed E-state index contributed by atoms with van der Waals surface area (Å²) in [6.07, 6.45) is 1.71. The van der Waals surface area contributed by atoms with Gasteiger partial charge in [-0.05, 0) is 17.7 Å². The average molecular weight is 284 g/mol. The number of aromatic nitrogens is 1. The average Bonchev–Trinajstić information content (AvgIpc) is 2.81. The Hall–Kier alpha value is -1.14. The van der Waals surface area contributed by atoms with Crippen LogP contribution in [0.4, 0.5) is 0 Å². The number of ether oxygens (including phenoxy) is 1. The van der Waals surface area contributed by atoms with E-state index < -0.39 is 0 Å². The zero-order chi connectivity index (χ0) is 13.0. The number of hydrogen-bond donors (Lipinski definition) is 2. The summed E-state index contributed by atoms with van der Waals surface area (Å²) >= 11 is 7.16. The van der Waals surface area contributed by atoms with E-state index in [1.54, 1.807) is 6.20 Å². The molecule has 0 fully saturated rings. The zero-order valence-corrected chi connectivity index (χ0v) is 11.2. The van der Waals surface area contributed by atoms with E-state index >= 15 is 0 Å². The first kappa shape index (κ1) is 13.3. The van der Waals surface area contributed by atoms with Gasteiger partial charge in [-0.1, -0.05) is 23.7 Å². The van der Waals surface area contributed by atoms with Crippen molar-refractivity contribution in [3.05, 3.63) is 45.4 Å². The molecule has 4 N–H and O–H groups in total. The fourth-order valence-corrected chi connectivity index (χ4v) is 2.37. The van der Waals surface area contributed by atoms with Crippen LogP contribution in [-0.4, -0.2) is 11.5 Å². The quantitative estimate of drug-likeness (QED) is 0.883. The summed E-state index contributed by atoms with van der Waals surface area (Å²) in [6.45, 7) is 0.861. The first-order valence-corrected chi connectivity index (χ1v) is 6.67. The van der Waals surface area contributed by atoms with Gasteiger partial charge in [-0.2, -0.15) is 0 Å². The smallest absolute Gasteiger partial charge is 0.183 e. The van der Waals surface area contributed by atoms with Gasteiger partial charge in [0.25, 0.3) is 0 Å². The van der Waals surface area contributed by atoms with Gasteiger partial charge in [0.2, 0.25) is 0 Å². The van der Waals surface area contributed by atoms with Gasteiger partial charge in [0.05, 0.1) is 4.88 Å². The topological polar surface area (TPSA) is 74.2 Å². The first-order valence-electron chi connectivity index (χ1n) is 5.47. The molecule has 1 aromatic heterocycles. The van der Waals surface area contributed by atoms with Crippen molar-refractivity contribution in [2.75, 3.05) is 6.54 Å². The Labute approximate surface area is 115 Å². The fourth-order valence-electron chi connectivity index (χ4n) is 1.48. The van der Waals surface area contributed by atoms with E-state index in [0.717, 1.165) is 16.2 Å². The van der Waals surface area contributed by atoms with E-state index in [-0.39, 0.29) is 6.04 Å². The Balaban J connectivity index is 2.01. The Morgan fingerprint density at radius 2 is 2.28 bits per heavy atom. The van der Waals surface area contributed by atoms with Crippen molar-refractivity contribution >= 4 is 22.9 Å². The summed E-state index contributed by atoms with van der Waals surface area (Å²) in [5.74, 6) is 0.765. The summed E-state index contributed by atoms with van der Waals surface area (Å²) in [5.41, 5.74) is 12.4. The number of nitrogens with two attached hydrogens (primary N) is 2. The molecule has 0 spiro atoms. The van der Waals surface area contributed by atoms with Crippen LogP contribution in [0.2, 0.25) is 4.47 Å². The molecule has 2 aromatic rings. The molecule has 18 heavy (non-hydrogen) atoms. The van der Waals surface area contributed by atoms with E-state index in [2.05, 4.69) is 4.98 Å². The van der Waals surface area contributed by atoms with Crippen LogP contribution < -0.4 is 16.2 Å². The van der Waals surface area contributed by atoms with Gasteiger partial charge < -0.3 is 16.2 Å². The van der Waals surface area contributed by atoms with E-state index in [0.29, 0.717) is 17.6 Å². The van der Waals surface area contributed by atoms with E-state index in [1.807, 2.05) is 24.3 Å². The molecule has 0 amide bonds. The Morgan fingerprint density at radius 1 is 1.44 bits per heavy atom. The molecular weight excluding hydrogens is 270 g/mol. The first-order chi connectivity index (χ1) is 8.69. The van der Waals surface area contributed by atoms with Gasteiger partial charge in [0.15, 0.2) is 4.47 Å². The minimum atomic E-state index is -0.161. The molecule has 0 aliphatic heterocycles. The molecular formula is C12H14ClN3OS. The van der Waals surface area contributed by atoms with E-state index in [9.17, 15) is 0 Å². The Kier molecular flexibility index (Phi) is 4.54. The van der Waals surface area contributed by atoms with Crippen LogP contribution in [0.1, 0.15) is 16.5 Å². The van der Waals surface area contributed by atoms with Gasteiger partial charge in [-0.25, -0.2) is 4.98 Å². The highest BCUT2D eigenvalue weighted by Crippen LogP contribution is 2.22. The second-order valence-corrected chi connectivity index (χ2v) is 5.48. The van der Waals surface area contributed by atoms with Crippen LogP contribution in [0.5, 0.6) is 5.75 Å². The molecule has 0 saturated heterocycles. The number of halogens is 1. The molecule has 0 radical (unpaired) electrons. The van der Waals surface area contributed by atoms with Crippen molar-refractivity contribution in [3.63, 3.8) is 0 Å². The van der Waals surface area contributed by atoms with Crippen LogP contribution in [0.15, 0.2) is 30.5 Å². The SMILES string of the molecule is NCC(N)c1cccc(OCc2cnc(Cl)s2)c1. The lowest BCUT2D eigenvalue weighted by Gasteiger charge is -2.11. The lowest BCUT2D eigenvalue weighted by molar-refractivity contribution is 0.309. The summed E-state index contributed by atoms with van der Waals surface area (Å²) in [4.78, 5) is 4.94. The standard InChI is InChI=1S/C12H14ClN3OS/c13-12-16-6-10(18-12)7-17-9-3-1-2-8(4-9)11(15)5-14/h1-4,6,11H,5,7,14-15H2. The van der Waals surface area contributed by atoms with Gasteiger partial charge in [0, 0.05) is 18.8 Å². The summed E-state index contributed by atoms with van der Waals surface area (Å²) in [5, 5.41) is 0. The lowest BCUT2D eigenvalue weighted by Crippen LogP contribution is -2.20. The van der Waals surface area contributed by atoms with Gasteiger partial charge in [-0.15, -0.1) is 11.3 Å². The number of hydrogen-bond acceptors (Lipinski definition) is 5. The molecule has 0 saturated carbocycles. The van der Waals surface area contributed by atoms with Gasteiger partial charge >= 0.3 is 0 Å². The van der Waals surface area contributed by atoms with Gasteiger partial charge in [-0.3, -0.25) is 0 Å². The van der Waals surface area contributed by atoms with Crippen LogP contribution in [-0.2, 0) is 6.61 Å². The van der Waals surface area contributed by atoms with E-state index in [1.165, 1.54) is 11.3 Å². The zero-order valence-electron chi connectivity index (χ0n) is 9.67. The van der Waals surface area contributed by atoms with Crippen LogP contribution in [0, 0.1) is 0 Å². The number of nitrogens with zero attached hydrogens (tertiary/aromatic N) is 1. The third-order valence-corrected chi connectivity index (χ3v) is 3.53. The van der Waals surface area contributed by atoms with Crippen molar-refractivity contribution in [3.8, 4) is 5.75 Å². The second-order valence-electron chi connectivity index (χ2n) is 3.78. The molecule has 1 unspecified atom stereocenters. The molecule has 0 aliphatic rings. The van der Waals surface area contributed by atoms with Crippen molar-refractivity contribution in [2.24, 2.45) is 11.5 Å². The second kappa shape index (κ2) is 6.15. The highest BCUT2D eigenvalue weighted by Gasteiger charge is 2.05.